The summed E-state index contributed by atoms with van der Waals surface area (Å²) >= 11 is 1.73. The molecular weight excluding hydrogens is 284 g/mol. The van der Waals surface area contributed by atoms with Gasteiger partial charge in [-0.05, 0) is 37.3 Å². The van der Waals surface area contributed by atoms with E-state index in [1.807, 2.05) is 37.3 Å². The van der Waals surface area contributed by atoms with E-state index in [9.17, 15) is 4.79 Å². The first-order valence-corrected chi connectivity index (χ1v) is 7.90. The van der Waals surface area contributed by atoms with E-state index in [0.717, 1.165) is 28.6 Å². The summed E-state index contributed by atoms with van der Waals surface area (Å²) in [5, 5.41) is 6.07. The summed E-state index contributed by atoms with van der Waals surface area (Å²) in [6.45, 7) is 1.94. The summed E-state index contributed by atoms with van der Waals surface area (Å²) < 4.78 is 0. The molecule has 0 bridgehead atoms. The zero-order valence-corrected chi connectivity index (χ0v) is 12.5. The van der Waals surface area contributed by atoms with Gasteiger partial charge in [-0.3, -0.25) is 10.1 Å². The number of anilines is 1. The van der Waals surface area contributed by atoms with Crippen molar-refractivity contribution in [2.75, 3.05) is 16.9 Å². The second-order valence-electron chi connectivity index (χ2n) is 4.86. The van der Waals surface area contributed by atoms with Gasteiger partial charge in [-0.1, -0.05) is 0 Å². The van der Waals surface area contributed by atoms with Crippen molar-refractivity contribution < 1.29 is 4.79 Å². The van der Waals surface area contributed by atoms with Crippen LogP contribution in [0.3, 0.4) is 0 Å². The summed E-state index contributed by atoms with van der Waals surface area (Å²) in [6, 6.07) is 9.35. The van der Waals surface area contributed by atoms with Gasteiger partial charge in [0.2, 0.25) is 5.91 Å². The van der Waals surface area contributed by atoms with Gasteiger partial charge in [0.05, 0.1) is 6.04 Å². The van der Waals surface area contributed by atoms with E-state index in [-0.39, 0.29) is 11.9 Å². The summed E-state index contributed by atoms with van der Waals surface area (Å²) in [5.74, 6) is 2.37. The molecule has 1 aliphatic heterocycles. The van der Waals surface area contributed by atoms with Crippen molar-refractivity contribution in [3.8, 4) is 11.4 Å². The predicted octanol–water partition coefficient (Wildman–Crippen LogP) is 2.05. The molecule has 0 radical (unpaired) electrons. The van der Waals surface area contributed by atoms with Crippen LogP contribution in [-0.4, -0.2) is 33.5 Å². The Hall–Kier alpha value is -1.92. The van der Waals surface area contributed by atoms with Gasteiger partial charge in [0.25, 0.3) is 0 Å². The number of hydrogen-bond acceptors (Lipinski definition) is 5. The van der Waals surface area contributed by atoms with Crippen molar-refractivity contribution in [2.24, 2.45) is 0 Å². The van der Waals surface area contributed by atoms with Crippen LogP contribution in [0, 0.1) is 6.92 Å². The lowest BCUT2D eigenvalue weighted by atomic mass is 10.2. The van der Waals surface area contributed by atoms with E-state index in [2.05, 4.69) is 20.6 Å². The lowest BCUT2D eigenvalue weighted by Gasteiger charge is -2.10. The number of hydrogen-bond donors (Lipinski definition) is 2. The SMILES string of the molecule is Cc1ccnc(-c2ccc(NC(=O)C3CSCN3)cc2)n1. The monoisotopic (exact) mass is 300 g/mol. The third-order valence-electron chi connectivity index (χ3n) is 3.24. The molecule has 1 aromatic carbocycles. The lowest BCUT2D eigenvalue weighted by Crippen LogP contribution is -2.37. The molecular formula is C15H16N4OS. The third-order valence-corrected chi connectivity index (χ3v) is 4.18. The minimum Gasteiger partial charge on any atom is -0.325 e. The summed E-state index contributed by atoms with van der Waals surface area (Å²) in [4.78, 5) is 20.6. The Bertz CT molecular complexity index is 638. The molecule has 2 aromatic rings. The highest BCUT2D eigenvalue weighted by Gasteiger charge is 2.22. The maximum atomic E-state index is 12.0. The van der Waals surface area contributed by atoms with Crippen LogP contribution in [0.1, 0.15) is 5.69 Å². The number of rotatable bonds is 3. The van der Waals surface area contributed by atoms with Crippen LogP contribution in [0.4, 0.5) is 5.69 Å². The smallest absolute Gasteiger partial charge is 0.242 e. The quantitative estimate of drug-likeness (QED) is 0.908. The van der Waals surface area contributed by atoms with Crippen molar-refractivity contribution in [1.82, 2.24) is 15.3 Å². The number of aryl methyl sites for hydroxylation is 1. The number of carbonyl (C=O) groups is 1. The molecule has 6 heteroatoms. The molecule has 21 heavy (non-hydrogen) atoms. The van der Waals surface area contributed by atoms with Crippen molar-refractivity contribution >= 4 is 23.4 Å². The first kappa shape index (κ1) is 14.0. The zero-order valence-electron chi connectivity index (χ0n) is 11.7. The zero-order chi connectivity index (χ0) is 14.7. The number of amides is 1. The highest BCUT2D eigenvalue weighted by atomic mass is 32.2. The van der Waals surface area contributed by atoms with Crippen LogP contribution in [0.5, 0.6) is 0 Å². The average molecular weight is 300 g/mol. The van der Waals surface area contributed by atoms with E-state index in [4.69, 9.17) is 0 Å². The molecule has 2 N–H and O–H groups in total. The Morgan fingerprint density at radius 1 is 1.33 bits per heavy atom. The molecule has 1 aromatic heterocycles. The van der Waals surface area contributed by atoms with Crippen LogP contribution in [0.25, 0.3) is 11.4 Å². The van der Waals surface area contributed by atoms with E-state index in [1.54, 1.807) is 18.0 Å². The van der Waals surface area contributed by atoms with Gasteiger partial charge in [0.15, 0.2) is 5.82 Å². The number of nitrogens with zero attached hydrogens (tertiary/aromatic N) is 2. The Kier molecular flexibility index (Phi) is 4.17. The topological polar surface area (TPSA) is 66.9 Å². The Labute approximate surface area is 127 Å². The van der Waals surface area contributed by atoms with Crippen molar-refractivity contribution in [3.05, 3.63) is 42.2 Å². The normalized spacial score (nSPS) is 17.7. The van der Waals surface area contributed by atoms with Crippen LogP contribution in [0.2, 0.25) is 0 Å². The predicted molar refractivity (Wildman–Crippen MR) is 85.1 cm³/mol. The van der Waals surface area contributed by atoms with Crippen LogP contribution < -0.4 is 10.6 Å². The van der Waals surface area contributed by atoms with Crippen LogP contribution >= 0.6 is 11.8 Å². The van der Waals surface area contributed by atoms with Gasteiger partial charge in [-0.2, -0.15) is 0 Å². The fraction of sp³-hybridized carbons (Fsp3) is 0.267. The van der Waals surface area contributed by atoms with Crippen LogP contribution in [-0.2, 0) is 4.79 Å². The minimum absolute atomic E-state index is 0.0135. The Morgan fingerprint density at radius 2 is 2.14 bits per heavy atom. The maximum Gasteiger partial charge on any atom is 0.242 e. The van der Waals surface area contributed by atoms with Gasteiger partial charge in [0, 0.05) is 34.8 Å². The Balaban J connectivity index is 1.70. The molecule has 1 unspecified atom stereocenters. The fourth-order valence-electron chi connectivity index (χ4n) is 2.08. The number of aromatic nitrogens is 2. The molecule has 1 fully saturated rings. The average Bonchev–Trinajstić information content (AvgIpc) is 3.02. The largest absolute Gasteiger partial charge is 0.325 e. The van der Waals surface area contributed by atoms with Crippen molar-refractivity contribution in [3.63, 3.8) is 0 Å². The number of thioether (sulfide) groups is 1. The summed E-state index contributed by atoms with van der Waals surface area (Å²) in [7, 11) is 0. The van der Waals surface area contributed by atoms with Crippen LogP contribution in [0.15, 0.2) is 36.5 Å². The second kappa shape index (κ2) is 6.24. The third kappa shape index (κ3) is 3.40. The molecule has 5 nitrogen and oxygen atoms in total. The molecule has 2 heterocycles. The molecule has 0 aliphatic carbocycles. The van der Waals surface area contributed by atoms with Crippen molar-refractivity contribution in [2.45, 2.75) is 13.0 Å². The molecule has 1 amide bonds. The van der Waals surface area contributed by atoms with Gasteiger partial charge in [-0.25, -0.2) is 9.97 Å². The minimum atomic E-state index is -0.102. The molecule has 0 spiro atoms. The highest BCUT2D eigenvalue weighted by molar-refractivity contribution is 7.99. The van der Waals surface area contributed by atoms with E-state index < -0.39 is 0 Å². The summed E-state index contributed by atoms with van der Waals surface area (Å²) in [6.07, 6.45) is 1.75. The summed E-state index contributed by atoms with van der Waals surface area (Å²) in [5.41, 5.74) is 2.66. The first-order valence-electron chi connectivity index (χ1n) is 6.74. The van der Waals surface area contributed by atoms with E-state index >= 15 is 0 Å². The fourth-order valence-corrected chi connectivity index (χ4v) is 3.03. The molecule has 0 saturated carbocycles. The first-order chi connectivity index (χ1) is 10.2. The lowest BCUT2D eigenvalue weighted by molar-refractivity contribution is -0.117. The highest BCUT2D eigenvalue weighted by Crippen LogP contribution is 2.19. The molecule has 1 saturated heterocycles. The van der Waals surface area contributed by atoms with Gasteiger partial charge in [-0.15, -0.1) is 11.8 Å². The maximum absolute atomic E-state index is 12.0. The van der Waals surface area contributed by atoms with Crippen molar-refractivity contribution in [1.29, 1.82) is 0 Å². The van der Waals surface area contributed by atoms with E-state index in [0.29, 0.717) is 5.82 Å². The van der Waals surface area contributed by atoms with Gasteiger partial charge in [0.1, 0.15) is 0 Å². The van der Waals surface area contributed by atoms with Gasteiger partial charge < -0.3 is 5.32 Å². The molecule has 3 rings (SSSR count). The molecule has 1 aliphatic rings. The number of nitrogens with one attached hydrogen (secondary N) is 2. The molecule has 1 atom stereocenters. The second-order valence-corrected chi connectivity index (χ2v) is 5.89. The standard InChI is InChI=1S/C15H16N4OS/c1-10-6-7-16-14(18-10)11-2-4-12(5-3-11)19-15(20)13-8-21-9-17-13/h2-7,13,17H,8-9H2,1H3,(H,19,20). The number of benzene rings is 1. The van der Waals surface area contributed by atoms with Gasteiger partial charge >= 0.3 is 0 Å². The van der Waals surface area contributed by atoms with E-state index in [1.165, 1.54) is 0 Å². The number of carbonyl (C=O) groups excluding carboxylic acids is 1. The Morgan fingerprint density at radius 3 is 2.81 bits per heavy atom. The molecule has 108 valence electrons.